The fourth-order valence-corrected chi connectivity index (χ4v) is 7.75. The van der Waals surface area contributed by atoms with Gasteiger partial charge in [-0.2, -0.15) is 0 Å². The molecule has 4 aromatic rings. The molecule has 5 nitrogen and oxygen atoms in total. The highest BCUT2D eigenvalue weighted by Crippen LogP contribution is 2.51. The zero-order valence-electron chi connectivity index (χ0n) is 19.2. The van der Waals surface area contributed by atoms with Gasteiger partial charge in [0.05, 0.1) is 6.61 Å². The van der Waals surface area contributed by atoms with Crippen molar-refractivity contribution in [3.8, 4) is 0 Å². The summed E-state index contributed by atoms with van der Waals surface area (Å²) in [5.74, 6) is 0. The molecular formula is C27H25N3O2S3. The minimum atomic E-state index is -0.0782. The number of fused-ring (bicyclic) bond motifs is 2. The highest BCUT2D eigenvalue weighted by molar-refractivity contribution is 8.05. The number of aromatic nitrogens is 1. The number of rotatable bonds is 5. The van der Waals surface area contributed by atoms with Gasteiger partial charge in [-0.1, -0.05) is 35.7 Å². The number of morpholine rings is 1. The molecule has 4 heterocycles. The molecule has 0 saturated carbocycles. The molecule has 2 aliphatic rings. The first kappa shape index (κ1) is 22.8. The molecular weight excluding hydrogens is 495 g/mol. The number of aryl methyl sites for hydroxylation is 1. The third kappa shape index (κ3) is 4.76. The molecule has 0 aliphatic carbocycles. The third-order valence-electron chi connectivity index (χ3n) is 6.34. The summed E-state index contributed by atoms with van der Waals surface area (Å²) in [7, 11) is 0. The van der Waals surface area contributed by atoms with Gasteiger partial charge in [0.2, 0.25) is 5.56 Å². The molecule has 0 radical (unpaired) electrons. The Balaban J connectivity index is 1.22. The molecule has 35 heavy (non-hydrogen) atoms. The molecule has 0 bridgehead atoms. The van der Waals surface area contributed by atoms with Gasteiger partial charge in [0.1, 0.15) is 6.10 Å². The van der Waals surface area contributed by atoms with Crippen LogP contribution in [-0.4, -0.2) is 24.7 Å². The Bertz CT molecular complexity index is 1430. The molecule has 0 amide bonds. The number of hydrogen-bond donors (Lipinski definition) is 2. The smallest absolute Gasteiger partial charge is 0.249 e. The number of thiophene rings is 1. The van der Waals surface area contributed by atoms with Gasteiger partial charge in [-0.15, -0.1) is 11.3 Å². The largest absolute Gasteiger partial charge is 0.380 e. The predicted octanol–water partition coefficient (Wildman–Crippen LogP) is 6.55. The van der Waals surface area contributed by atoms with E-state index in [1.165, 1.54) is 35.6 Å². The molecule has 2 N–H and O–H groups in total. The van der Waals surface area contributed by atoms with Gasteiger partial charge >= 0.3 is 0 Å². The summed E-state index contributed by atoms with van der Waals surface area (Å²) in [5, 5.41) is 5.74. The van der Waals surface area contributed by atoms with Gasteiger partial charge < -0.3 is 19.9 Å². The third-order valence-corrected chi connectivity index (χ3v) is 9.98. The second kappa shape index (κ2) is 9.78. The Hall–Kier alpha value is -2.65. The van der Waals surface area contributed by atoms with Crippen molar-refractivity contribution < 1.29 is 4.74 Å². The normalized spacial score (nSPS) is 17.1. The molecule has 0 spiro atoms. The van der Waals surface area contributed by atoms with Crippen molar-refractivity contribution in [3.63, 3.8) is 0 Å². The first-order valence-electron chi connectivity index (χ1n) is 11.6. The monoisotopic (exact) mass is 519 g/mol. The summed E-state index contributed by atoms with van der Waals surface area (Å²) < 4.78 is 6.24. The van der Waals surface area contributed by atoms with Gasteiger partial charge in [-0.05, 0) is 59.8 Å². The van der Waals surface area contributed by atoms with E-state index >= 15 is 0 Å². The second-order valence-corrected chi connectivity index (χ2v) is 11.8. The van der Waals surface area contributed by atoms with E-state index in [2.05, 4.69) is 70.0 Å². The first-order valence-corrected chi connectivity index (χ1v) is 14.1. The molecule has 178 valence electrons. The van der Waals surface area contributed by atoms with Crippen LogP contribution < -0.4 is 15.8 Å². The van der Waals surface area contributed by atoms with Crippen LogP contribution in [0.5, 0.6) is 0 Å². The van der Waals surface area contributed by atoms with Gasteiger partial charge in [0, 0.05) is 67.7 Å². The SMILES string of the molecule is Cc1ccsc1CNc1ccc2c(c1)Sc1cccc(C3CN(c4cc[nH]c(=O)c4)CCO3)c1S2. The molecule has 2 aliphatic heterocycles. The zero-order chi connectivity index (χ0) is 23.8. The van der Waals surface area contributed by atoms with Crippen molar-refractivity contribution >= 4 is 46.2 Å². The van der Waals surface area contributed by atoms with Crippen molar-refractivity contribution in [2.45, 2.75) is 39.2 Å². The maximum absolute atomic E-state index is 11.8. The number of pyridine rings is 1. The minimum Gasteiger partial charge on any atom is -0.380 e. The van der Waals surface area contributed by atoms with E-state index in [0.29, 0.717) is 6.61 Å². The molecule has 1 fully saturated rings. The average molecular weight is 520 g/mol. The summed E-state index contributed by atoms with van der Waals surface area (Å²) in [6.45, 7) is 5.15. The first-order chi connectivity index (χ1) is 17.1. The van der Waals surface area contributed by atoms with Crippen LogP contribution in [0.4, 0.5) is 11.4 Å². The van der Waals surface area contributed by atoms with Gasteiger partial charge in [0.25, 0.3) is 0 Å². The quantitative estimate of drug-likeness (QED) is 0.275. The van der Waals surface area contributed by atoms with E-state index in [9.17, 15) is 4.79 Å². The van der Waals surface area contributed by atoms with Crippen LogP contribution in [0.15, 0.2) is 90.6 Å². The Morgan fingerprint density at radius 1 is 1.09 bits per heavy atom. The molecule has 1 saturated heterocycles. The molecule has 2 aromatic heterocycles. The zero-order valence-corrected chi connectivity index (χ0v) is 21.7. The molecule has 2 aromatic carbocycles. The van der Waals surface area contributed by atoms with Crippen LogP contribution in [0, 0.1) is 6.92 Å². The van der Waals surface area contributed by atoms with Crippen LogP contribution in [-0.2, 0) is 11.3 Å². The number of hydrogen-bond acceptors (Lipinski definition) is 7. The predicted molar refractivity (Wildman–Crippen MR) is 145 cm³/mol. The van der Waals surface area contributed by atoms with Gasteiger partial charge in [-0.25, -0.2) is 0 Å². The van der Waals surface area contributed by atoms with Crippen LogP contribution in [0.1, 0.15) is 22.1 Å². The summed E-state index contributed by atoms with van der Waals surface area (Å²) in [5.41, 5.74) is 4.57. The molecule has 1 atom stereocenters. The average Bonchev–Trinajstić information content (AvgIpc) is 3.30. The van der Waals surface area contributed by atoms with Crippen molar-refractivity contribution in [3.05, 3.63) is 92.5 Å². The molecule has 6 rings (SSSR count). The summed E-state index contributed by atoms with van der Waals surface area (Å²) in [4.78, 5) is 23.2. The Kier molecular flexibility index (Phi) is 6.37. The van der Waals surface area contributed by atoms with Crippen LogP contribution in [0.3, 0.4) is 0 Å². The number of aromatic amines is 1. The Morgan fingerprint density at radius 2 is 2.03 bits per heavy atom. The lowest BCUT2D eigenvalue weighted by Gasteiger charge is -2.36. The van der Waals surface area contributed by atoms with Crippen LogP contribution >= 0.6 is 34.9 Å². The van der Waals surface area contributed by atoms with Gasteiger partial charge in [-0.3, -0.25) is 4.79 Å². The van der Waals surface area contributed by atoms with Crippen LogP contribution in [0.25, 0.3) is 0 Å². The lowest BCUT2D eigenvalue weighted by Crippen LogP contribution is -2.39. The lowest BCUT2D eigenvalue weighted by molar-refractivity contribution is 0.0379. The van der Waals surface area contributed by atoms with E-state index in [0.717, 1.165) is 31.0 Å². The highest BCUT2D eigenvalue weighted by Gasteiger charge is 2.28. The standard InChI is InChI=1S/C27H25N3O2S3/c1-17-8-12-33-25(17)15-29-18-5-6-22-24(13-18)34-23-4-2-3-20(27(23)35-22)21-16-30(10-11-32-21)19-7-9-28-26(31)14-19/h2-9,12-14,21,29H,10-11,15-16H2,1H3,(H,28,31). The maximum atomic E-state index is 11.8. The fourth-order valence-electron chi connectivity index (χ4n) is 4.46. The van der Waals surface area contributed by atoms with E-state index in [4.69, 9.17) is 4.74 Å². The number of nitrogens with one attached hydrogen (secondary N) is 2. The summed E-state index contributed by atoms with van der Waals surface area (Å²) in [6.07, 6.45) is 1.67. The van der Waals surface area contributed by atoms with Crippen molar-refractivity contribution in [1.82, 2.24) is 4.98 Å². The summed E-state index contributed by atoms with van der Waals surface area (Å²) >= 11 is 5.46. The Morgan fingerprint density at radius 3 is 2.89 bits per heavy atom. The number of anilines is 2. The minimum absolute atomic E-state index is 0.0392. The van der Waals surface area contributed by atoms with Crippen molar-refractivity contribution in [2.75, 3.05) is 29.9 Å². The topological polar surface area (TPSA) is 57.4 Å². The van der Waals surface area contributed by atoms with E-state index in [1.54, 1.807) is 23.6 Å². The lowest BCUT2D eigenvalue weighted by atomic mass is 10.1. The molecule has 1 unspecified atom stereocenters. The number of H-pyrrole nitrogens is 1. The van der Waals surface area contributed by atoms with Crippen molar-refractivity contribution in [2.24, 2.45) is 0 Å². The highest BCUT2D eigenvalue weighted by atomic mass is 32.2. The van der Waals surface area contributed by atoms with Crippen molar-refractivity contribution in [1.29, 1.82) is 0 Å². The number of ether oxygens (including phenoxy) is 1. The van der Waals surface area contributed by atoms with E-state index in [-0.39, 0.29) is 11.7 Å². The van der Waals surface area contributed by atoms with E-state index in [1.807, 2.05) is 29.6 Å². The molecule has 8 heteroatoms. The number of benzene rings is 2. The summed E-state index contributed by atoms with van der Waals surface area (Å²) in [6, 6.07) is 19.0. The fraction of sp³-hybridized carbons (Fsp3) is 0.222. The van der Waals surface area contributed by atoms with Crippen LogP contribution in [0.2, 0.25) is 0 Å². The van der Waals surface area contributed by atoms with E-state index < -0.39 is 0 Å². The second-order valence-electron chi connectivity index (χ2n) is 8.64. The Labute approximate surface area is 216 Å². The maximum Gasteiger partial charge on any atom is 0.249 e. The number of nitrogens with zero attached hydrogens (tertiary/aromatic N) is 1. The van der Waals surface area contributed by atoms with Gasteiger partial charge in [0.15, 0.2) is 0 Å².